The highest BCUT2D eigenvalue weighted by atomic mass is 79.9. The van der Waals surface area contributed by atoms with Crippen LogP contribution >= 0.6 is 15.9 Å². The first kappa shape index (κ1) is 17.0. The molecule has 5 N–H and O–H groups in total. The molecule has 0 saturated heterocycles. The molecule has 3 amide bonds. The number of hydrogen-bond acceptors (Lipinski definition) is 2. The quantitative estimate of drug-likeness (QED) is 0.533. The van der Waals surface area contributed by atoms with Gasteiger partial charge in [0, 0.05) is 16.6 Å². The molecule has 0 radical (unpaired) electrons. The number of aromatic nitrogens is 1. The fourth-order valence-corrected chi connectivity index (χ4v) is 3.24. The number of halogens is 1. The van der Waals surface area contributed by atoms with E-state index in [0.717, 1.165) is 20.9 Å². The highest BCUT2D eigenvalue weighted by molar-refractivity contribution is 9.10. The predicted octanol–water partition coefficient (Wildman–Crippen LogP) is 3.91. The molecular formula is C18H17BrN4O2. The Morgan fingerprint density at radius 3 is 2.44 bits per heavy atom. The zero-order valence-electron chi connectivity index (χ0n) is 13.5. The van der Waals surface area contributed by atoms with Crippen LogP contribution in [0.15, 0.2) is 53.0 Å². The minimum atomic E-state index is -0.613. The maximum Gasteiger partial charge on any atom is 0.316 e. The van der Waals surface area contributed by atoms with E-state index in [9.17, 15) is 9.59 Å². The zero-order valence-corrected chi connectivity index (χ0v) is 15.1. The molecule has 0 aliphatic rings. The molecule has 7 heteroatoms. The summed E-state index contributed by atoms with van der Waals surface area (Å²) in [6.07, 6.45) is 0. The lowest BCUT2D eigenvalue weighted by molar-refractivity contribution is 0.0935. The van der Waals surface area contributed by atoms with Crippen molar-refractivity contribution in [2.45, 2.75) is 13.0 Å². The number of anilines is 1. The fraction of sp³-hybridized carbons (Fsp3) is 0.111. The second-order valence-electron chi connectivity index (χ2n) is 5.67. The van der Waals surface area contributed by atoms with Crippen molar-refractivity contribution in [3.63, 3.8) is 0 Å². The van der Waals surface area contributed by atoms with E-state index < -0.39 is 6.03 Å². The summed E-state index contributed by atoms with van der Waals surface area (Å²) in [5.41, 5.74) is 7.98. The predicted molar refractivity (Wildman–Crippen MR) is 102 cm³/mol. The lowest BCUT2D eigenvalue weighted by atomic mass is 10.1. The lowest BCUT2D eigenvalue weighted by Crippen LogP contribution is -2.27. The molecule has 1 atom stereocenters. The van der Waals surface area contributed by atoms with Gasteiger partial charge < -0.3 is 21.4 Å². The monoisotopic (exact) mass is 400 g/mol. The van der Waals surface area contributed by atoms with Crippen LogP contribution in [0.2, 0.25) is 0 Å². The molecule has 0 aliphatic carbocycles. The SMILES string of the molecule is CC(NC(=O)c1[nH]c2ccccc2c1Br)c1ccc(NC(N)=O)cc1. The second kappa shape index (κ2) is 6.98. The molecule has 0 saturated carbocycles. The summed E-state index contributed by atoms with van der Waals surface area (Å²) in [4.78, 5) is 26.6. The molecule has 1 heterocycles. The van der Waals surface area contributed by atoms with Gasteiger partial charge in [-0.25, -0.2) is 4.79 Å². The molecule has 1 unspecified atom stereocenters. The van der Waals surface area contributed by atoms with E-state index in [4.69, 9.17) is 5.73 Å². The number of nitrogens with one attached hydrogen (secondary N) is 3. The number of benzene rings is 2. The van der Waals surface area contributed by atoms with Crippen molar-refractivity contribution in [1.82, 2.24) is 10.3 Å². The van der Waals surface area contributed by atoms with Gasteiger partial charge in [-0.3, -0.25) is 4.79 Å². The minimum absolute atomic E-state index is 0.199. The summed E-state index contributed by atoms with van der Waals surface area (Å²) in [6, 6.07) is 14.0. The Morgan fingerprint density at radius 2 is 1.80 bits per heavy atom. The molecular weight excluding hydrogens is 384 g/mol. The average Bonchev–Trinajstić information content (AvgIpc) is 2.92. The second-order valence-corrected chi connectivity index (χ2v) is 6.46. The third-order valence-electron chi connectivity index (χ3n) is 3.90. The topological polar surface area (TPSA) is 100 Å². The van der Waals surface area contributed by atoms with E-state index in [1.165, 1.54) is 0 Å². The number of H-pyrrole nitrogens is 1. The number of amides is 3. The first-order valence-corrected chi connectivity index (χ1v) is 8.48. The largest absolute Gasteiger partial charge is 0.351 e. The van der Waals surface area contributed by atoms with Gasteiger partial charge in [0.05, 0.1) is 10.5 Å². The van der Waals surface area contributed by atoms with Gasteiger partial charge in [-0.1, -0.05) is 30.3 Å². The molecule has 6 nitrogen and oxygen atoms in total. The highest BCUT2D eigenvalue weighted by Crippen LogP contribution is 2.28. The summed E-state index contributed by atoms with van der Waals surface area (Å²) >= 11 is 3.49. The smallest absolute Gasteiger partial charge is 0.316 e. The molecule has 3 rings (SSSR count). The van der Waals surface area contributed by atoms with Crippen molar-refractivity contribution >= 4 is 44.5 Å². The molecule has 0 spiro atoms. The van der Waals surface area contributed by atoms with Gasteiger partial charge in [0.1, 0.15) is 5.69 Å². The fourth-order valence-electron chi connectivity index (χ4n) is 2.61. The summed E-state index contributed by atoms with van der Waals surface area (Å²) in [7, 11) is 0. The van der Waals surface area contributed by atoms with Crippen molar-refractivity contribution in [2.75, 3.05) is 5.32 Å². The maximum absolute atomic E-state index is 12.6. The number of nitrogens with two attached hydrogens (primary N) is 1. The minimum Gasteiger partial charge on any atom is -0.351 e. The van der Waals surface area contributed by atoms with Crippen LogP contribution in [0.5, 0.6) is 0 Å². The van der Waals surface area contributed by atoms with Crippen LogP contribution in [0.3, 0.4) is 0 Å². The number of hydrogen-bond donors (Lipinski definition) is 4. The Labute approximate surface area is 152 Å². The van der Waals surface area contributed by atoms with Gasteiger partial charge >= 0.3 is 6.03 Å². The van der Waals surface area contributed by atoms with E-state index in [1.807, 2.05) is 43.3 Å². The summed E-state index contributed by atoms with van der Waals surface area (Å²) in [6.45, 7) is 1.89. The van der Waals surface area contributed by atoms with Gasteiger partial charge in [0.2, 0.25) is 0 Å². The van der Waals surface area contributed by atoms with Crippen molar-refractivity contribution in [2.24, 2.45) is 5.73 Å². The van der Waals surface area contributed by atoms with Crippen LogP contribution in [0.4, 0.5) is 10.5 Å². The van der Waals surface area contributed by atoms with E-state index in [0.29, 0.717) is 11.4 Å². The van der Waals surface area contributed by atoms with Gasteiger partial charge in [-0.2, -0.15) is 0 Å². The van der Waals surface area contributed by atoms with Crippen molar-refractivity contribution in [3.05, 3.63) is 64.3 Å². The standard InChI is InChI=1S/C18H17BrN4O2/c1-10(11-6-8-12(9-7-11)22-18(20)25)21-17(24)16-15(19)13-4-2-3-5-14(13)23-16/h2-10,23H,1H3,(H,21,24)(H3,20,22,25). The molecule has 1 aromatic heterocycles. The number of carbonyl (C=O) groups excluding carboxylic acids is 2. The van der Waals surface area contributed by atoms with Gasteiger partial charge in [0.25, 0.3) is 5.91 Å². The van der Waals surface area contributed by atoms with E-state index in [1.54, 1.807) is 12.1 Å². The number of para-hydroxylation sites is 1. The molecule has 0 bridgehead atoms. The van der Waals surface area contributed by atoms with Crippen LogP contribution in [0, 0.1) is 0 Å². The van der Waals surface area contributed by atoms with Crippen LogP contribution in [0.25, 0.3) is 10.9 Å². The van der Waals surface area contributed by atoms with Gasteiger partial charge in [0.15, 0.2) is 0 Å². The van der Waals surface area contributed by atoms with Crippen LogP contribution < -0.4 is 16.4 Å². The maximum atomic E-state index is 12.6. The summed E-state index contributed by atoms with van der Waals surface area (Å²) in [5.74, 6) is -0.199. The Hall–Kier alpha value is -2.80. The molecule has 128 valence electrons. The Kier molecular flexibility index (Phi) is 4.76. The van der Waals surface area contributed by atoms with Crippen LogP contribution in [-0.2, 0) is 0 Å². The van der Waals surface area contributed by atoms with Crippen molar-refractivity contribution in [1.29, 1.82) is 0 Å². The highest BCUT2D eigenvalue weighted by Gasteiger charge is 2.18. The molecule has 25 heavy (non-hydrogen) atoms. The Morgan fingerprint density at radius 1 is 1.12 bits per heavy atom. The van der Waals surface area contributed by atoms with Gasteiger partial charge in [-0.05, 0) is 46.6 Å². The summed E-state index contributed by atoms with van der Waals surface area (Å²) < 4.78 is 0.744. The number of rotatable bonds is 4. The van der Waals surface area contributed by atoms with E-state index >= 15 is 0 Å². The average molecular weight is 401 g/mol. The first-order chi connectivity index (χ1) is 12.0. The zero-order chi connectivity index (χ0) is 18.0. The number of urea groups is 1. The number of carbonyl (C=O) groups is 2. The van der Waals surface area contributed by atoms with Crippen LogP contribution in [-0.4, -0.2) is 16.9 Å². The van der Waals surface area contributed by atoms with E-state index in [-0.39, 0.29) is 11.9 Å². The first-order valence-electron chi connectivity index (χ1n) is 7.69. The third-order valence-corrected chi connectivity index (χ3v) is 4.72. The van der Waals surface area contributed by atoms with Crippen LogP contribution in [0.1, 0.15) is 29.0 Å². The molecule has 2 aromatic carbocycles. The summed E-state index contributed by atoms with van der Waals surface area (Å²) in [5, 5.41) is 6.42. The third kappa shape index (κ3) is 3.66. The molecule has 3 aromatic rings. The number of fused-ring (bicyclic) bond motifs is 1. The van der Waals surface area contributed by atoms with Gasteiger partial charge in [-0.15, -0.1) is 0 Å². The lowest BCUT2D eigenvalue weighted by Gasteiger charge is -2.14. The Bertz CT molecular complexity index is 934. The van der Waals surface area contributed by atoms with Crippen molar-refractivity contribution in [3.8, 4) is 0 Å². The normalized spacial score (nSPS) is 11.9. The van der Waals surface area contributed by atoms with Crippen molar-refractivity contribution < 1.29 is 9.59 Å². The molecule has 0 fully saturated rings. The molecule has 0 aliphatic heterocycles. The Balaban J connectivity index is 1.75. The van der Waals surface area contributed by atoms with E-state index in [2.05, 4.69) is 31.5 Å². The number of primary amides is 1. The number of aromatic amines is 1.